The van der Waals surface area contributed by atoms with Crippen LogP contribution >= 0.6 is 0 Å². The molecule has 0 spiro atoms. The average molecular weight is 343 g/mol. The van der Waals surface area contributed by atoms with E-state index in [0.717, 1.165) is 36.2 Å². The van der Waals surface area contributed by atoms with Gasteiger partial charge in [-0.15, -0.1) is 0 Å². The van der Waals surface area contributed by atoms with E-state index in [0.29, 0.717) is 26.1 Å². The van der Waals surface area contributed by atoms with Crippen LogP contribution in [0.2, 0.25) is 0 Å². The summed E-state index contributed by atoms with van der Waals surface area (Å²) in [6.07, 6.45) is 8.34. The fourth-order valence-corrected chi connectivity index (χ4v) is 3.19. The van der Waals surface area contributed by atoms with E-state index in [1.165, 1.54) is 0 Å². The summed E-state index contributed by atoms with van der Waals surface area (Å²) in [5.41, 5.74) is 3.15. The quantitative estimate of drug-likeness (QED) is 0.791. The summed E-state index contributed by atoms with van der Waals surface area (Å²) < 4.78 is 7.61. The van der Waals surface area contributed by atoms with Crippen molar-refractivity contribution < 1.29 is 9.53 Å². The van der Waals surface area contributed by atoms with Crippen molar-refractivity contribution >= 4 is 5.91 Å². The molecule has 1 aliphatic heterocycles. The van der Waals surface area contributed by atoms with Gasteiger partial charge in [0.05, 0.1) is 18.4 Å². The van der Waals surface area contributed by atoms with Crippen molar-refractivity contribution in [1.29, 1.82) is 0 Å². The van der Waals surface area contributed by atoms with Gasteiger partial charge in [0.15, 0.2) is 0 Å². The van der Waals surface area contributed by atoms with Crippen molar-refractivity contribution in [2.24, 2.45) is 7.05 Å². The molecular weight excluding hydrogens is 318 g/mol. The fourth-order valence-electron chi connectivity index (χ4n) is 3.19. The molecule has 2 aromatic heterocycles. The molecule has 134 valence electrons. The van der Waals surface area contributed by atoms with Gasteiger partial charge in [0.2, 0.25) is 5.91 Å². The molecule has 1 atom stereocenters. The van der Waals surface area contributed by atoms with E-state index >= 15 is 0 Å². The van der Waals surface area contributed by atoms with Crippen molar-refractivity contribution in [1.82, 2.24) is 24.6 Å². The Labute approximate surface area is 148 Å². The third kappa shape index (κ3) is 4.85. The van der Waals surface area contributed by atoms with Crippen molar-refractivity contribution in [3.05, 3.63) is 41.7 Å². The molecule has 1 amide bonds. The zero-order chi connectivity index (χ0) is 17.6. The molecular formula is C18H25N5O2. The van der Waals surface area contributed by atoms with Crippen LogP contribution in [-0.4, -0.2) is 56.4 Å². The number of nitrogens with zero attached hydrogens (tertiary/aromatic N) is 5. The lowest BCUT2D eigenvalue weighted by Crippen LogP contribution is -2.45. The summed E-state index contributed by atoms with van der Waals surface area (Å²) in [4.78, 5) is 22.6. The van der Waals surface area contributed by atoms with Gasteiger partial charge in [0.25, 0.3) is 0 Å². The predicted molar refractivity (Wildman–Crippen MR) is 92.9 cm³/mol. The Balaban J connectivity index is 1.47. The Bertz CT molecular complexity index is 701. The Morgan fingerprint density at radius 1 is 1.40 bits per heavy atom. The minimum atomic E-state index is 0.0767. The minimum absolute atomic E-state index is 0.0767. The summed E-state index contributed by atoms with van der Waals surface area (Å²) in [6, 6.07) is 1.92. The predicted octanol–water partition coefficient (Wildman–Crippen LogP) is 1.31. The largest absolute Gasteiger partial charge is 0.375 e. The molecule has 0 radical (unpaired) electrons. The molecule has 0 unspecified atom stereocenters. The van der Waals surface area contributed by atoms with Gasteiger partial charge >= 0.3 is 0 Å². The zero-order valence-electron chi connectivity index (χ0n) is 14.9. The summed E-state index contributed by atoms with van der Waals surface area (Å²) in [7, 11) is 1.91. The van der Waals surface area contributed by atoms with Crippen molar-refractivity contribution in [3.63, 3.8) is 0 Å². The highest BCUT2D eigenvalue weighted by Gasteiger charge is 2.24. The first-order valence-corrected chi connectivity index (χ1v) is 8.75. The Morgan fingerprint density at radius 2 is 2.28 bits per heavy atom. The van der Waals surface area contributed by atoms with Gasteiger partial charge in [-0.2, -0.15) is 5.10 Å². The number of carbonyl (C=O) groups is 1. The molecule has 0 aliphatic carbocycles. The molecule has 0 N–H and O–H groups in total. The smallest absolute Gasteiger partial charge is 0.223 e. The van der Waals surface area contributed by atoms with Crippen LogP contribution < -0.4 is 0 Å². The number of hydrogen-bond donors (Lipinski definition) is 0. The number of rotatable bonds is 6. The maximum absolute atomic E-state index is 12.5. The molecule has 3 heterocycles. The normalized spacial score (nSPS) is 17.7. The first-order chi connectivity index (χ1) is 12.1. The second-order valence-electron chi connectivity index (χ2n) is 6.49. The van der Waals surface area contributed by atoms with E-state index in [1.807, 2.05) is 31.1 Å². The van der Waals surface area contributed by atoms with Crippen LogP contribution in [0, 0.1) is 6.92 Å². The Morgan fingerprint density at radius 3 is 3.00 bits per heavy atom. The standard InChI is InChI=1S/C18H25N5O2/c1-14-15(11-22(2)21-14)3-6-18(24)23-9-10-25-17(12-23)5-4-16-7-8-19-13-20-16/h7-8,11,13,17H,3-6,9-10,12H2,1-2H3/t17-/m0/s1. The van der Waals surface area contributed by atoms with Crippen LogP contribution in [0.1, 0.15) is 29.8 Å². The third-order valence-corrected chi connectivity index (χ3v) is 4.58. The molecule has 1 fully saturated rings. The molecule has 0 aromatic carbocycles. The molecule has 1 aliphatic rings. The molecule has 0 saturated carbocycles. The van der Waals surface area contributed by atoms with E-state index in [2.05, 4.69) is 15.1 Å². The van der Waals surface area contributed by atoms with Gasteiger partial charge in [-0.1, -0.05) is 0 Å². The van der Waals surface area contributed by atoms with E-state index in [1.54, 1.807) is 17.2 Å². The third-order valence-electron chi connectivity index (χ3n) is 4.58. The second-order valence-corrected chi connectivity index (χ2v) is 6.49. The van der Waals surface area contributed by atoms with Crippen LogP contribution in [0.4, 0.5) is 0 Å². The summed E-state index contributed by atoms with van der Waals surface area (Å²) in [5, 5.41) is 4.33. The van der Waals surface area contributed by atoms with Gasteiger partial charge in [0.1, 0.15) is 6.33 Å². The SMILES string of the molecule is Cc1nn(C)cc1CCC(=O)N1CCO[C@@H](CCc2ccncn2)C1. The highest BCUT2D eigenvalue weighted by atomic mass is 16.5. The highest BCUT2D eigenvalue weighted by molar-refractivity contribution is 5.76. The monoisotopic (exact) mass is 343 g/mol. The van der Waals surface area contributed by atoms with Gasteiger partial charge in [-0.25, -0.2) is 9.97 Å². The van der Waals surface area contributed by atoms with Crippen LogP contribution in [0.15, 0.2) is 24.8 Å². The topological polar surface area (TPSA) is 73.1 Å². The molecule has 2 aromatic rings. The summed E-state index contributed by atoms with van der Waals surface area (Å²) >= 11 is 0. The molecule has 7 heteroatoms. The molecule has 1 saturated heterocycles. The Kier molecular flexibility index (Phi) is 5.75. The summed E-state index contributed by atoms with van der Waals surface area (Å²) in [5.74, 6) is 0.193. The fraction of sp³-hybridized carbons (Fsp3) is 0.556. The number of carbonyl (C=O) groups excluding carboxylic acids is 1. The second kappa shape index (κ2) is 8.20. The number of amides is 1. The van der Waals surface area contributed by atoms with Gasteiger partial charge < -0.3 is 9.64 Å². The number of hydrogen-bond acceptors (Lipinski definition) is 5. The first-order valence-electron chi connectivity index (χ1n) is 8.75. The molecule has 25 heavy (non-hydrogen) atoms. The van der Waals surface area contributed by atoms with Gasteiger partial charge in [-0.05, 0) is 37.8 Å². The number of aryl methyl sites for hydroxylation is 4. The van der Waals surface area contributed by atoms with Crippen molar-refractivity contribution in [2.45, 2.75) is 38.7 Å². The lowest BCUT2D eigenvalue weighted by molar-refractivity contribution is -0.138. The van der Waals surface area contributed by atoms with Gasteiger partial charge in [0, 0.05) is 44.6 Å². The zero-order valence-corrected chi connectivity index (χ0v) is 14.9. The number of aromatic nitrogens is 4. The number of morpholine rings is 1. The van der Waals surface area contributed by atoms with Crippen molar-refractivity contribution in [2.75, 3.05) is 19.7 Å². The van der Waals surface area contributed by atoms with Crippen LogP contribution in [-0.2, 0) is 29.4 Å². The first kappa shape index (κ1) is 17.5. The lowest BCUT2D eigenvalue weighted by atomic mass is 10.1. The Hall–Kier alpha value is -2.28. The maximum atomic E-state index is 12.5. The van der Waals surface area contributed by atoms with Crippen LogP contribution in [0.25, 0.3) is 0 Å². The van der Waals surface area contributed by atoms with E-state index in [4.69, 9.17) is 4.74 Å². The molecule has 0 bridgehead atoms. The molecule has 3 rings (SSSR count). The van der Waals surface area contributed by atoms with Crippen LogP contribution in [0.5, 0.6) is 0 Å². The molecule has 7 nitrogen and oxygen atoms in total. The average Bonchev–Trinajstić information content (AvgIpc) is 2.96. The highest BCUT2D eigenvalue weighted by Crippen LogP contribution is 2.14. The van der Waals surface area contributed by atoms with Crippen molar-refractivity contribution in [3.8, 4) is 0 Å². The summed E-state index contributed by atoms with van der Waals surface area (Å²) in [6.45, 7) is 3.93. The minimum Gasteiger partial charge on any atom is -0.375 e. The number of ether oxygens (including phenoxy) is 1. The van der Waals surface area contributed by atoms with E-state index in [-0.39, 0.29) is 12.0 Å². The van der Waals surface area contributed by atoms with E-state index < -0.39 is 0 Å². The van der Waals surface area contributed by atoms with Gasteiger partial charge in [-0.3, -0.25) is 9.48 Å². The van der Waals surface area contributed by atoms with Crippen LogP contribution in [0.3, 0.4) is 0 Å². The maximum Gasteiger partial charge on any atom is 0.223 e. The van der Waals surface area contributed by atoms with E-state index in [9.17, 15) is 4.79 Å². The lowest BCUT2D eigenvalue weighted by Gasteiger charge is -2.33.